The summed E-state index contributed by atoms with van der Waals surface area (Å²) in [4.78, 5) is 23.4. The van der Waals surface area contributed by atoms with E-state index in [-0.39, 0.29) is 5.91 Å². The van der Waals surface area contributed by atoms with Crippen molar-refractivity contribution in [3.05, 3.63) is 96.1 Å². The van der Waals surface area contributed by atoms with Crippen LogP contribution in [0.4, 0.5) is 5.69 Å². The van der Waals surface area contributed by atoms with Crippen LogP contribution in [-0.2, 0) is 16.2 Å². The molecule has 3 aromatic carbocycles. The van der Waals surface area contributed by atoms with Crippen molar-refractivity contribution in [1.29, 1.82) is 0 Å². The average Bonchev–Trinajstić information content (AvgIpc) is 2.72. The Morgan fingerprint density at radius 3 is 2.41 bits per heavy atom. The van der Waals surface area contributed by atoms with E-state index in [2.05, 4.69) is 5.32 Å². The summed E-state index contributed by atoms with van der Waals surface area (Å²) in [6, 6.07) is 23.9. The Kier molecular flexibility index (Phi) is 6.79. The maximum Gasteiger partial charge on any atom is 0.308 e. The van der Waals surface area contributed by atoms with Crippen LogP contribution in [-0.4, -0.2) is 11.9 Å². The number of esters is 1. The van der Waals surface area contributed by atoms with Gasteiger partial charge in [-0.25, -0.2) is 0 Å². The Bertz CT molecular complexity index is 1010. The first-order chi connectivity index (χ1) is 14.1. The fourth-order valence-electron chi connectivity index (χ4n) is 2.64. The van der Waals surface area contributed by atoms with Crippen molar-refractivity contribution in [2.75, 3.05) is 5.32 Å². The lowest BCUT2D eigenvalue weighted by Crippen LogP contribution is -2.10. The largest absolute Gasteiger partial charge is 0.489 e. The number of benzene rings is 3. The van der Waals surface area contributed by atoms with Gasteiger partial charge in [-0.05, 0) is 42.0 Å². The van der Waals surface area contributed by atoms with E-state index < -0.39 is 5.97 Å². The van der Waals surface area contributed by atoms with E-state index in [0.29, 0.717) is 18.0 Å². The lowest BCUT2D eigenvalue weighted by Gasteiger charge is -2.11. The summed E-state index contributed by atoms with van der Waals surface area (Å²) in [7, 11) is 0. The highest BCUT2D eigenvalue weighted by Crippen LogP contribution is 2.19. The van der Waals surface area contributed by atoms with Gasteiger partial charge in [0.25, 0.3) is 0 Å². The predicted octanol–water partition coefficient (Wildman–Crippen LogP) is 4.84. The molecule has 3 rings (SSSR count). The van der Waals surface area contributed by atoms with Gasteiger partial charge in [-0.2, -0.15) is 0 Å². The number of anilines is 1. The van der Waals surface area contributed by atoms with Gasteiger partial charge in [-0.1, -0.05) is 48.5 Å². The second kappa shape index (κ2) is 9.90. The average molecular weight is 387 g/mol. The molecule has 1 N–H and O–H groups in total. The van der Waals surface area contributed by atoms with Crippen LogP contribution in [0.3, 0.4) is 0 Å². The third-order valence-electron chi connectivity index (χ3n) is 3.96. The summed E-state index contributed by atoms with van der Waals surface area (Å²) in [5.74, 6) is 0.540. The number of rotatable bonds is 7. The van der Waals surface area contributed by atoms with Gasteiger partial charge in [-0.3, -0.25) is 9.59 Å². The number of carbonyl (C=O) groups excluding carboxylic acids is 2. The zero-order valence-electron chi connectivity index (χ0n) is 16.0. The summed E-state index contributed by atoms with van der Waals surface area (Å²) >= 11 is 0. The minimum Gasteiger partial charge on any atom is -0.489 e. The maximum absolute atomic E-state index is 12.4. The fraction of sp³-hybridized carbons (Fsp3) is 0.0833. The number of carbonyl (C=O) groups is 2. The molecule has 0 spiro atoms. The molecule has 0 aromatic heterocycles. The SMILES string of the molecule is CC(=O)Oc1cccc(/C=C/C(=O)Nc2ccccc2COc2ccccc2)c1. The normalized spacial score (nSPS) is 10.5. The van der Waals surface area contributed by atoms with Gasteiger partial charge in [0.2, 0.25) is 5.91 Å². The summed E-state index contributed by atoms with van der Waals surface area (Å²) in [5, 5.41) is 2.87. The molecule has 146 valence electrons. The minimum atomic E-state index is -0.391. The van der Waals surface area contributed by atoms with Crippen LogP contribution >= 0.6 is 0 Å². The molecule has 0 saturated heterocycles. The van der Waals surface area contributed by atoms with Crippen LogP contribution in [0.2, 0.25) is 0 Å². The molecule has 5 heteroatoms. The highest BCUT2D eigenvalue weighted by Gasteiger charge is 2.06. The monoisotopic (exact) mass is 387 g/mol. The van der Waals surface area contributed by atoms with Crippen molar-refractivity contribution >= 4 is 23.6 Å². The molecule has 1 amide bonds. The topological polar surface area (TPSA) is 64.6 Å². The van der Waals surface area contributed by atoms with Gasteiger partial charge in [0, 0.05) is 24.3 Å². The molecule has 0 aliphatic heterocycles. The fourth-order valence-corrected chi connectivity index (χ4v) is 2.64. The van der Waals surface area contributed by atoms with E-state index in [1.165, 1.54) is 13.0 Å². The number of hydrogen-bond donors (Lipinski definition) is 1. The molecule has 0 radical (unpaired) electrons. The Morgan fingerprint density at radius 1 is 0.897 bits per heavy atom. The van der Waals surface area contributed by atoms with Gasteiger partial charge in [-0.15, -0.1) is 0 Å². The molecule has 3 aromatic rings. The first kappa shape index (κ1) is 19.9. The molecular formula is C24H21NO4. The minimum absolute atomic E-state index is 0.268. The van der Waals surface area contributed by atoms with Crippen molar-refractivity contribution in [3.63, 3.8) is 0 Å². The quantitative estimate of drug-likeness (QED) is 0.358. The molecule has 0 unspecified atom stereocenters. The smallest absolute Gasteiger partial charge is 0.308 e. The molecule has 0 atom stereocenters. The molecule has 5 nitrogen and oxygen atoms in total. The van der Waals surface area contributed by atoms with E-state index >= 15 is 0 Å². The van der Waals surface area contributed by atoms with E-state index in [9.17, 15) is 9.59 Å². The lowest BCUT2D eigenvalue weighted by atomic mass is 10.1. The third kappa shape index (κ3) is 6.36. The Morgan fingerprint density at radius 2 is 1.62 bits per heavy atom. The van der Waals surface area contributed by atoms with E-state index in [4.69, 9.17) is 9.47 Å². The standard InChI is InChI=1S/C24H21NO4/c1-18(26)29-22-12-7-8-19(16-22)14-15-24(27)25-23-13-6-5-9-20(23)17-28-21-10-3-2-4-11-21/h2-16H,17H2,1H3,(H,25,27)/b15-14+. The second-order valence-corrected chi connectivity index (χ2v) is 6.25. The lowest BCUT2D eigenvalue weighted by molar-refractivity contribution is -0.131. The van der Waals surface area contributed by atoms with Gasteiger partial charge in [0.1, 0.15) is 18.1 Å². The van der Waals surface area contributed by atoms with Crippen LogP contribution in [0.15, 0.2) is 84.9 Å². The first-order valence-electron chi connectivity index (χ1n) is 9.13. The molecule has 0 saturated carbocycles. The molecule has 0 aliphatic carbocycles. The van der Waals surface area contributed by atoms with Gasteiger partial charge >= 0.3 is 5.97 Å². The zero-order valence-corrected chi connectivity index (χ0v) is 16.0. The van der Waals surface area contributed by atoms with Crippen LogP contribution in [0.1, 0.15) is 18.1 Å². The van der Waals surface area contributed by atoms with Crippen molar-refractivity contribution < 1.29 is 19.1 Å². The van der Waals surface area contributed by atoms with Gasteiger partial charge < -0.3 is 14.8 Å². The van der Waals surface area contributed by atoms with E-state index in [1.807, 2.05) is 60.7 Å². The van der Waals surface area contributed by atoms with Crippen LogP contribution in [0, 0.1) is 0 Å². The van der Waals surface area contributed by atoms with Crippen molar-refractivity contribution in [2.24, 2.45) is 0 Å². The molecule has 0 bridgehead atoms. The van der Waals surface area contributed by atoms with Crippen molar-refractivity contribution in [2.45, 2.75) is 13.5 Å². The summed E-state index contributed by atoms with van der Waals surface area (Å²) < 4.78 is 10.8. The first-order valence-corrected chi connectivity index (χ1v) is 9.13. The van der Waals surface area contributed by atoms with E-state index in [0.717, 1.165) is 16.9 Å². The third-order valence-corrected chi connectivity index (χ3v) is 3.96. The summed E-state index contributed by atoms with van der Waals surface area (Å²) in [6.07, 6.45) is 3.09. The zero-order chi connectivity index (χ0) is 20.5. The summed E-state index contributed by atoms with van der Waals surface area (Å²) in [5.41, 5.74) is 2.31. The highest BCUT2D eigenvalue weighted by atomic mass is 16.5. The number of para-hydroxylation sites is 2. The Hall–Kier alpha value is -3.86. The number of nitrogens with one attached hydrogen (secondary N) is 1. The Balaban J connectivity index is 1.63. The van der Waals surface area contributed by atoms with Crippen LogP contribution in [0.25, 0.3) is 6.08 Å². The molecule has 0 aliphatic rings. The Labute approximate surface area is 169 Å². The number of ether oxygens (including phenoxy) is 2. The maximum atomic E-state index is 12.4. The van der Waals surface area contributed by atoms with Crippen LogP contribution in [0.5, 0.6) is 11.5 Å². The second-order valence-electron chi connectivity index (χ2n) is 6.25. The van der Waals surface area contributed by atoms with Gasteiger partial charge in [0.15, 0.2) is 0 Å². The summed E-state index contributed by atoms with van der Waals surface area (Å²) in [6.45, 7) is 1.68. The van der Waals surface area contributed by atoms with Crippen molar-refractivity contribution in [1.82, 2.24) is 0 Å². The van der Waals surface area contributed by atoms with Gasteiger partial charge in [0.05, 0.1) is 0 Å². The van der Waals surface area contributed by atoms with Crippen molar-refractivity contribution in [3.8, 4) is 11.5 Å². The van der Waals surface area contributed by atoms with E-state index in [1.54, 1.807) is 24.3 Å². The number of amides is 1. The molecular weight excluding hydrogens is 366 g/mol. The number of hydrogen-bond acceptors (Lipinski definition) is 4. The molecule has 0 heterocycles. The predicted molar refractivity (Wildman–Crippen MR) is 113 cm³/mol. The van der Waals surface area contributed by atoms with Crippen LogP contribution < -0.4 is 14.8 Å². The highest BCUT2D eigenvalue weighted by molar-refractivity contribution is 6.02. The molecule has 0 fully saturated rings. The molecule has 29 heavy (non-hydrogen) atoms.